The van der Waals surface area contributed by atoms with Crippen molar-refractivity contribution in [2.75, 3.05) is 5.33 Å². The van der Waals surface area contributed by atoms with E-state index in [1.54, 1.807) is 19.1 Å². The Labute approximate surface area is 126 Å². The van der Waals surface area contributed by atoms with Crippen molar-refractivity contribution < 1.29 is 9.72 Å². The van der Waals surface area contributed by atoms with Crippen molar-refractivity contribution in [2.45, 2.75) is 38.1 Å². The number of rotatable bonds is 4. The molecule has 5 nitrogen and oxygen atoms in total. The summed E-state index contributed by atoms with van der Waals surface area (Å²) in [7, 11) is 0. The SMILES string of the molecule is Cc1cccc([N+](=O)[O-])c1C(=O)NC1(CBr)CCCC1. The number of carbonyl (C=O) groups excluding carboxylic acids is 1. The van der Waals surface area contributed by atoms with E-state index in [1.165, 1.54) is 6.07 Å². The topological polar surface area (TPSA) is 72.2 Å². The third-order valence-corrected chi connectivity index (χ3v) is 4.94. The number of alkyl halides is 1. The van der Waals surface area contributed by atoms with Crippen LogP contribution in [-0.2, 0) is 0 Å². The predicted octanol–water partition coefficient (Wildman–Crippen LogP) is 3.34. The van der Waals surface area contributed by atoms with Crippen molar-refractivity contribution >= 4 is 27.5 Å². The number of carbonyl (C=O) groups is 1. The number of nitrogens with one attached hydrogen (secondary N) is 1. The molecular formula is C14H17BrN2O3. The Hall–Kier alpha value is -1.43. The highest BCUT2D eigenvalue weighted by Crippen LogP contribution is 2.32. The van der Waals surface area contributed by atoms with Crippen molar-refractivity contribution in [3.63, 3.8) is 0 Å². The van der Waals surface area contributed by atoms with Crippen molar-refractivity contribution in [2.24, 2.45) is 0 Å². The standard InChI is InChI=1S/C14H17BrN2O3/c1-10-5-4-6-11(17(19)20)12(10)13(18)16-14(9-15)7-2-3-8-14/h4-6H,2-3,7-9H2,1H3,(H,16,18). The van der Waals surface area contributed by atoms with E-state index < -0.39 is 4.92 Å². The maximum absolute atomic E-state index is 12.5. The lowest BCUT2D eigenvalue weighted by atomic mass is 9.98. The normalized spacial score (nSPS) is 16.9. The summed E-state index contributed by atoms with van der Waals surface area (Å²) < 4.78 is 0. The largest absolute Gasteiger partial charge is 0.346 e. The van der Waals surface area contributed by atoms with Gasteiger partial charge in [0.15, 0.2) is 0 Å². The Morgan fingerprint density at radius 1 is 1.45 bits per heavy atom. The highest BCUT2D eigenvalue weighted by atomic mass is 79.9. The van der Waals surface area contributed by atoms with E-state index in [-0.39, 0.29) is 22.7 Å². The van der Waals surface area contributed by atoms with Gasteiger partial charge in [0.1, 0.15) is 5.56 Å². The molecule has 1 aliphatic rings. The Bertz CT molecular complexity index is 539. The smallest absolute Gasteiger partial charge is 0.282 e. The second-order valence-electron chi connectivity index (χ2n) is 5.30. The van der Waals surface area contributed by atoms with Crippen molar-refractivity contribution in [1.29, 1.82) is 0 Å². The van der Waals surface area contributed by atoms with Gasteiger partial charge in [0.05, 0.1) is 10.5 Å². The lowest BCUT2D eigenvalue weighted by Gasteiger charge is -2.28. The summed E-state index contributed by atoms with van der Waals surface area (Å²) in [5.74, 6) is -0.351. The van der Waals surface area contributed by atoms with Gasteiger partial charge in [-0.3, -0.25) is 14.9 Å². The van der Waals surface area contributed by atoms with Crippen molar-refractivity contribution in [1.82, 2.24) is 5.32 Å². The minimum absolute atomic E-state index is 0.134. The molecule has 1 aromatic carbocycles. The molecule has 1 aliphatic carbocycles. The Morgan fingerprint density at radius 2 is 2.10 bits per heavy atom. The molecule has 0 bridgehead atoms. The molecule has 2 rings (SSSR count). The summed E-state index contributed by atoms with van der Waals surface area (Å²) in [6.07, 6.45) is 3.96. The first kappa shape index (κ1) is 15.0. The van der Waals surface area contributed by atoms with E-state index >= 15 is 0 Å². The lowest BCUT2D eigenvalue weighted by molar-refractivity contribution is -0.385. The highest BCUT2D eigenvalue weighted by molar-refractivity contribution is 9.09. The molecule has 0 unspecified atom stereocenters. The maximum Gasteiger partial charge on any atom is 0.282 e. The third kappa shape index (κ3) is 2.85. The van der Waals surface area contributed by atoms with Gasteiger partial charge in [0.2, 0.25) is 0 Å². The van der Waals surface area contributed by atoms with Gasteiger partial charge in [0.25, 0.3) is 11.6 Å². The summed E-state index contributed by atoms with van der Waals surface area (Å²) >= 11 is 3.45. The van der Waals surface area contributed by atoms with Gasteiger partial charge in [-0.25, -0.2) is 0 Å². The van der Waals surface area contributed by atoms with Crippen LogP contribution in [0.3, 0.4) is 0 Å². The van der Waals surface area contributed by atoms with Crippen LogP contribution in [-0.4, -0.2) is 21.7 Å². The number of hydrogen-bond donors (Lipinski definition) is 1. The molecule has 0 aliphatic heterocycles. The first-order chi connectivity index (χ1) is 9.49. The van der Waals surface area contributed by atoms with Crippen LogP contribution >= 0.6 is 15.9 Å². The molecule has 1 saturated carbocycles. The molecule has 0 aromatic heterocycles. The molecule has 1 fully saturated rings. The number of halogens is 1. The van der Waals surface area contributed by atoms with Gasteiger partial charge in [-0.15, -0.1) is 0 Å². The summed E-state index contributed by atoms with van der Waals surface area (Å²) in [5.41, 5.74) is 0.391. The summed E-state index contributed by atoms with van der Waals surface area (Å²) in [6.45, 7) is 1.72. The fourth-order valence-electron chi connectivity index (χ4n) is 2.75. The van der Waals surface area contributed by atoms with Gasteiger partial charge >= 0.3 is 0 Å². The van der Waals surface area contributed by atoms with Crippen molar-refractivity contribution in [3.05, 3.63) is 39.4 Å². The van der Waals surface area contributed by atoms with Crippen molar-refractivity contribution in [3.8, 4) is 0 Å². The minimum Gasteiger partial charge on any atom is -0.346 e. The van der Waals surface area contributed by atoms with Gasteiger partial charge in [-0.2, -0.15) is 0 Å². The quantitative estimate of drug-likeness (QED) is 0.519. The first-order valence-electron chi connectivity index (χ1n) is 6.61. The molecular weight excluding hydrogens is 324 g/mol. The second kappa shape index (κ2) is 5.91. The predicted molar refractivity (Wildman–Crippen MR) is 80.3 cm³/mol. The Balaban J connectivity index is 2.32. The number of amides is 1. The number of nitro groups is 1. The zero-order valence-corrected chi connectivity index (χ0v) is 12.9. The monoisotopic (exact) mass is 340 g/mol. The van der Waals surface area contributed by atoms with E-state index in [2.05, 4.69) is 21.2 Å². The number of nitrogens with zero attached hydrogens (tertiary/aromatic N) is 1. The van der Waals surface area contributed by atoms with Crippen LogP contribution in [0.1, 0.15) is 41.6 Å². The van der Waals surface area contributed by atoms with Gasteiger partial charge in [-0.05, 0) is 25.3 Å². The van der Waals surface area contributed by atoms with Crippen LogP contribution in [0, 0.1) is 17.0 Å². The molecule has 1 N–H and O–H groups in total. The highest BCUT2D eigenvalue weighted by Gasteiger charge is 2.36. The zero-order valence-electron chi connectivity index (χ0n) is 11.3. The average Bonchev–Trinajstić information content (AvgIpc) is 2.87. The average molecular weight is 341 g/mol. The first-order valence-corrected chi connectivity index (χ1v) is 7.74. The molecule has 0 heterocycles. The molecule has 1 aromatic rings. The number of benzene rings is 1. The van der Waals surface area contributed by atoms with E-state index in [9.17, 15) is 14.9 Å². The Kier molecular flexibility index (Phi) is 4.42. The Morgan fingerprint density at radius 3 is 2.65 bits per heavy atom. The number of nitro benzene ring substituents is 1. The van der Waals surface area contributed by atoms with E-state index in [1.807, 2.05) is 0 Å². The fourth-order valence-corrected chi connectivity index (χ4v) is 3.45. The van der Waals surface area contributed by atoms with Crippen LogP contribution in [0.25, 0.3) is 0 Å². The van der Waals surface area contributed by atoms with E-state index in [0.29, 0.717) is 10.9 Å². The van der Waals surface area contributed by atoms with Crippen LogP contribution < -0.4 is 5.32 Å². The van der Waals surface area contributed by atoms with Crippen LogP contribution in [0.15, 0.2) is 18.2 Å². The van der Waals surface area contributed by atoms with Gasteiger partial charge in [-0.1, -0.05) is 40.9 Å². The van der Waals surface area contributed by atoms with Crippen LogP contribution in [0.4, 0.5) is 5.69 Å². The molecule has 0 saturated heterocycles. The number of hydrogen-bond acceptors (Lipinski definition) is 3. The molecule has 108 valence electrons. The van der Waals surface area contributed by atoms with Gasteiger partial charge in [0, 0.05) is 11.4 Å². The maximum atomic E-state index is 12.5. The van der Waals surface area contributed by atoms with E-state index in [0.717, 1.165) is 25.7 Å². The minimum atomic E-state index is -0.503. The molecule has 6 heteroatoms. The molecule has 1 amide bonds. The summed E-state index contributed by atoms with van der Waals surface area (Å²) in [4.78, 5) is 23.1. The fraction of sp³-hybridized carbons (Fsp3) is 0.500. The van der Waals surface area contributed by atoms with Crippen LogP contribution in [0.5, 0.6) is 0 Å². The third-order valence-electron chi connectivity index (χ3n) is 3.87. The molecule has 20 heavy (non-hydrogen) atoms. The number of aryl methyl sites for hydroxylation is 1. The zero-order chi connectivity index (χ0) is 14.8. The molecule has 0 spiro atoms. The second-order valence-corrected chi connectivity index (χ2v) is 5.86. The lowest BCUT2D eigenvalue weighted by Crippen LogP contribution is -2.48. The summed E-state index contributed by atoms with van der Waals surface area (Å²) in [5, 5.41) is 14.8. The van der Waals surface area contributed by atoms with Gasteiger partial charge < -0.3 is 5.32 Å². The molecule has 0 radical (unpaired) electrons. The summed E-state index contributed by atoms with van der Waals surface area (Å²) in [6, 6.07) is 4.69. The van der Waals surface area contributed by atoms with E-state index in [4.69, 9.17) is 0 Å². The van der Waals surface area contributed by atoms with Crippen LogP contribution in [0.2, 0.25) is 0 Å². The molecule has 0 atom stereocenters.